The van der Waals surface area contributed by atoms with Crippen molar-refractivity contribution in [3.8, 4) is 5.75 Å². The lowest BCUT2D eigenvalue weighted by Gasteiger charge is -2.37. The number of ether oxygens (including phenoxy) is 1. The van der Waals surface area contributed by atoms with Crippen molar-refractivity contribution in [2.45, 2.75) is 30.8 Å². The van der Waals surface area contributed by atoms with Gasteiger partial charge >= 0.3 is 6.18 Å². The summed E-state index contributed by atoms with van der Waals surface area (Å²) in [5.41, 5.74) is -1.39. The van der Waals surface area contributed by atoms with E-state index in [1.54, 1.807) is 12.1 Å². The zero-order valence-corrected chi connectivity index (χ0v) is 21.4. The van der Waals surface area contributed by atoms with E-state index in [1.165, 1.54) is 22.4 Å². The molecule has 0 aromatic heterocycles. The molecule has 2 aromatic carbocycles. The zero-order chi connectivity index (χ0) is 27.0. The van der Waals surface area contributed by atoms with Crippen LogP contribution in [-0.2, 0) is 16.2 Å². The molecule has 2 aliphatic rings. The van der Waals surface area contributed by atoms with Crippen molar-refractivity contribution in [3.63, 3.8) is 0 Å². The molecule has 12 heteroatoms. The molecule has 0 aliphatic carbocycles. The van der Waals surface area contributed by atoms with Crippen LogP contribution in [0, 0.1) is 11.7 Å². The van der Waals surface area contributed by atoms with Crippen LogP contribution in [0.1, 0.15) is 35.7 Å². The number of nitrogens with zero attached hydrogens (tertiary/aromatic N) is 3. The minimum absolute atomic E-state index is 0.0945. The fourth-order valence-electron chi connectivity index (χ4n) is 4.85. The highest BCUT2D eigenvalue weighted by Gasteiger charge is 2.37. The largest absolute Gasteiger partial charge is 0.495 e. The Morgan fingerprint density at radius 3 is 2.35 bits per heavy atom. The fourth-order valence-corrected chi connectivity index (χ4v) is 6.47. The molecule has 2 heterocycles. The van der Waals surface area contributed by atoms with E-state index < -0.39 is 39.1 Å². The number of methoxy groups -OCH3 is 1. The predicted octanol–water partition coefficient (Wildman–Crippen LogP) is 4.24. The Morgan fingerprint density at radius 2 is 1.73 bits per heavy atom. The van der Waals surface area contributed by atoms with E-state index in [0.717, 1.165) is 25.0 Å². The number of hydrogen-bond acceptors (Lipinski definition) is 5. The SMILES string of the molecule is COc1ccc(S(=O)(=O)N2CCC[C@H](C)C2)cc1N1CCN(C(=O)c2ccc(F)cc2C(F)(F)F)CC1. The molecule has 2 aromatic rings. The molecular weight excluding hydrogens is 514 g/mol. The van der Waals surface area contributed by atoms with Gasteiger partial charge in [-0.2, -0.15) is 17.5 Å². The Bertz CT molecular complexity index is 1260. The third-order valence-corrected chi connectivity index (χ3v) is 8.69. The summed E-state index contributed by atoms with van der Waals surface area (Å²) in [6.45, 7) is 3.61. The summed E-state index contributed by atoms with van der Waals surface area (Å²) in [6.07, 6.45) is -3.10. The van der Waals surface area contributed by atoms with Crippen LogP contribution in [0.15, 0.2) is 41.3 Å². The Labute approximate surface area is 213 Å². The topological polar surface area (TPSA) is 70.2 Å². The monoisotopic (exact) mass is 543 g/mol. The van der Waals surface area contributed by atoms with Gasteiger partial charge < -0.3 is 14.5 Å². The molecule has 0 bridgehead atoms. The molecular formula is C25H29F4N3O4S. The van der Waals surface area contributed by atoms with E-state index in [4.69, 9.17) is 4.74 Å². The number of halogens is 4. The number of sulfonamides is 1. The second-order valence-corrected chi connectivity index (χ2v) is 11.3. The molecule has 0 radical (unpaired) electrons. The molecule has 2 fully saturated rings. The first-order valence-corrected chi connectivity index (χ1v) is 13.4. The summed E-state index contributed by atoms with van der Waals surface area (Å²) in [4.78, 5) is 16.2. The number of rotatable bonds is 5. The van der Waals surface area contributed by atoms with Gasteiger partial charge in [-0.05, 0) is 55.2 Å². The number of benzene rings is 2. The highest BCUT2D eigenvalue weighted by atomic mass is 32.2. The van der Waals surface area contributed by atoms with E-state index >= 15 is 0 Å². The lowest BCUT2D eigenvalue weighted by atomic mass is 10.0. The number of hydrogen-bond donors (Lipinski definition) is 0. The van der Waals surface area contributed by atoms with Crippen LogP contribution < -0.4 is 9.64 Å². The molecule has 37 heavy (non-hydrogen) atoms. The lowest BCUT2D eigenvalue weighted by Crippen LogP contribution is -2.49. The summed E-state index contributed by atoms with van der Waals surface area (Å²) in [5.74, 6) is -1.20. The third-order valence-electron chi connectivity index (χ3n) is 6.83. The average molecular weight is 544 g/mol. The number of carbonyl (C=O) groups is 1. The van der Waals surface area contributed by atoms with E-state index in [2.05, 4.69) is 0 Å². The Balaban J connectivity index is 1.53. The molecule has 2 saturated heterocycles. The number of piperidine rings is 1. The smallest absolute Gasteiger partial charge is 0.417 e. The van der Waals surface area contributed by atoms with Gasteiger partial charge in [-0.15, -0.1) is 0 Å². The first kappa shape index (κ1) is 27.2. The maximum absolute atomic E-state index is 13.5. The number of carbonyl (C=O) groups excluding carboxylic acids is 1. The van der Waals surface area contributed by atoms with Crippen LogP contribution in [-0.4, -0.2) is 69.9 Å². The van der Waals surface area contributed by atoms with E-state index in [9.17, 15) is 30.8 Å². The average Bonchev–Trinajstić information content (AvgIpc) is 2.87. The molecule has 1 atom stereocenters. The summed E-state index contributed by atoms with van der Waals surface area (Å²) < 4.78 is 87.2. The van der Waals surface area contributed by atoms with Crippen molar-refractivity contribution >= 4 is 21.6 Å². The minimum atomic E-state index is -4.87. The first-order chi connectivity index (χ1) is 17.4. The highest BCUT2D eigenvalue weighted by molar-refractivity contribution is 7.89. The quantitative estimate of drug-likeness (QED) is 0.528. The molecule has 0 unspecified atom stereocenters. The predicted molar refractivity (Wildman–Crippen MR) is 130 cm³/mol. The van der Waals surface area contributed by atoms with Crippen molar-refractivity contribution in [2.75, 3.05) is 51.3 Å². The van der Waals surface area contributed by atoms with Crippen molar-refractivity contribution in [1.82, 2.24) is 9.21 Å². The fraction of sp³-hybridized carbons (Fsp3) is 0.480. The molecule has 7 nitrogen and oxygen atoms in total. The van der Waals surface area contributed by atoms with Gasteiger partial charge in [-0.25, -0.2) is 12.8 Å². The number of anilines is 1. The van der Waals surface area contributed by atoms with Gasteiger partial charge in [0.25, 0.3) is 5.91 Å². The van der Waals surface area contributed by atoms with Crippen molar-refractivity contribution in [1.29, 1.82) is 0 Å². The van der Waals surface area contributed by atoms with E-state index in [0.29, 0.717) is 30.6 Å². The second kappa shape index (κ2) is 10.5. The Hall–Kier alpha value is -2.86. The highest BCUT2D eigenvalue weighted by Crippen LogP contribution is 2.35. The van der Waals surface area contributed by atoms with Crippen LogP contribution >= 0.6 is 0 Å². The van der Waals surface area contributed by atoms with Gasteiger partial charge in [0, 0.05) is 39.3 Å². The Morgan fingerprint density at radius 1 is 1.03 bits per heavy atom. The van der Waals surface area contributed by atoms with Crippen LogP contribution in [0.2, 0.25) is 0 Å². The van der Waals surface area contributed by atoms with Gasteiger partial charge in [0.2, 0.25) is 10.0 Å². The number of piperazine rings is 1. The molecule has 1 amide bonds. The third kappa shape index (κ3) is 5.69. The van der Waals surface area contributed by atoms with Crippen molar-refractivity contribution in [2.24, 2.45) is 5.92 Å². The summed E-state index contributed by atoms with van der Waals surface area (Å²) in [7, 11) is -2.25. The normalized spacial score (nSPS) is 19.7. The lowest BCUT2D eigenvalue weighted by molar-refractivity contribution is -0.138. The van der Waals surface area contributed by atoms with Crippen molar-refractivity contribution in [3.05, 3.63) is 53.3 Å². The van der Waals surface area contributed by atoms with Crippen LogP contribution in [0.5, 0.6) is 5.75 Å². The summed E-state index contributed by atoms with van der Waals surface area (Å²) in [5, 5.41) is 0. The van der Waals surface area contributed by atoms with E-state index in [-0.39, 0.29) is 37.0 Å². The standard InChI is InChI=1S/C25H29F4N3O4S/c1-17-4-3-9-32(16-17)37(34,35)19-6-8-23(36-2)22(15-19)30-10-12-31(13-11-30)24(33)20-7-5-18(26)14-21(20)25(27,28)29/h5-8,14-15,17H,3-4,9-13,16H2,1-2H3/t17-/m0/s1. The number of alkyl halides is 3. The summed E-state index contributed by atoms with van der Waals surface area (Å²) in [6, 6.07) is 6.64. The first-order valence-electron chi connectivity index (χ1n) is 12.0. The van der Waals surface area contributed by atoms with Crippen LogP contribution in [0.4, 0.5) is 23.2 Å². The van der Waals surface area contributed by atoms with Gasteiger partial charge in [-0.1, -0.05) is 6.92 Å². The van der Waals surface area contributed by atoms with Gasteiger partial charge in [0.05, 0.1) is 28.8 Å². The molecule has 0 spiro atoms. The maximum atomic E-state index is 13.5. The van der Waals surface area contributed by atoms with Gasteiger partial charge in [0.1, 0.15) is 11.6 Å². The van der Waals surface area contributed by atoms with Gasteiger partial charge in [-0.3, -0.25) is 4.79 Å². The molecule has 2 aliphatic heterocycles. The Kier molecular flexibility index (Phi) is 7.70. The van der Waals surface area contributed by atoms with Gasteiger partial charge in [0.15, 0.2) is 0 Å². The van der Waals surface area contributed by atoms with Crippen molar-refractivity contribution < 1.29 is 35.5 Å². The number of amides is 1. The molecule has 202 valence electrons. The molecule has 0 N–H and O–H groups in total. The maximum Gasteiger partial charge on any atom is 0.417 e. The van der Waals surface area contributed by atoms with Crippen LogP contribution in [0.3, 0.4) is 0 Å². The summed E-state index contributed by atoms with van der Waals surface area (Å²) >= 11 is 0. The molecule has 4 rings (SSSR count). The molecule has 0 saturated carbocycles. The zero-order valence-electron chi connectivity index (χ0n) is 20.6. The minimum Gasteiger partial charge on any atom is -0.495 e. The van der Waals surface area contributed by atoms with Crippen LogP contribution in [0.25, 0.3) is 0 Å². The van der Waals surface area contributed by atoms with E-state index in [1.807, 2.05) is 11.8 Å². The second-order valence-electron chi connectivity index (χ2n) is 9.41.